The highest BCUT2D eigenvalue weighted by molar-refractivity contribution is 6.41. The number of carbonyl (C=O) groups is 2. The van der Waals surface area contributed by atoms with Crippen LogP contribution >= 0.6 is 23.2 Å². The molecule has 146 valence electrons. The number of benzene rings is 2. The zero-order chi connectivity index (χ0) is 20.3. The summed E-state index contributed by atoms with van der Waals surface area (Å²) in [6, 6.07) is 12.1. The van der Waals surface area contributed by atoms with E-state index in [2.05, 4.69) is 5.32 Å². The van der Waals surface area contributed by atoms with Crippen molar-refractivity contribution in [3.63, 3.8) is 0 Å². The van der Waals surface area contributed by atoms with Crippen molar-refractivity contribution < 1.29 is 14.3 Å². The van der Waals surface area contributed by atoms with Gasteiger partial charge in [-0.05, 0) is 37.6 Å². The van der Waals surface area contributed by atoms with Crippen LogP contribution in [0, 0.1) is 0 Å². The van der Waals surface area contributed by atoms with Gasteiger partial charge in [0.25, 0.3) is 11.8 Å². The number of ether oxygens (including phenoxy) is 1. The number of hydrogen-bond acceptors (Lipinski definition) is 4. The van der Waals surface area contributed by atoms with Gasteiger partial charge in [-0.15, -0.1) is 0 Å². The van der Waals surface area contributed by atoms with Crippen LogP contribution in [0.25, 0.3) is 5.57 Å². The summed E-state index contributed by atoms with van der Waals surface area (Å²) in [6.07, 6.45) is 0.889. The van der Waals surface area contributed by atoms with Crippen LogP contribution in [0.15, 0.2) is 48.2 Å². The van der Waals surface area contributed by atoms with E-state index in [-0.39, 0.29) is 17.8 Å². The van der Waals surface area contributed by atoms with Gasteiger partial charge in [-0.25, -0.2) is 0 Å². The molecule has 0 bridgehead atoms. The van der Waals surface area contributed by atoms with E-state index in [0.29, 0.717) is 33.7 Å². The van der Waals surface area contributed by atoms with Crippen molar-refractivity contribution in [2.75, 3.05) is 18.5 Å². The van der Waals surface area contributed by atoms with E-state index >= 15 is 0 Å². The molecule has 3 rings (SSSR count). The molecule has 0 fully saturated rings. The normalized spacial score (nSPS) is 14.1. The molecule has 0 aliphatic carbocycles. The minimum atomic E-state index is -0.395. The topological polar surface area (TPSA) is 58.6 Å². The number of amides is 2. The first-order valence-electron chi connectivity index (χ1n) is 9.02. The number of imide groups is 1. The zero-order valence-corrected chi connectivity index (χ0v) is 17.1. The van der Waals surface area contributed by atoms with Gasteiger partial charge < -0.3 is 10.1 Å². The lowest BCUT2D eigenvalue weighted by molar-refractivity contribution is -0.136. The minimum absolute atomic E-state index is 0.184. The maximum Gasteiger partial charge on any atom is 0.278 e. The highest BCUT2D eigenvalue weighted by atomic mass is 35.5. The van der Waals surface area contributed by atoms with Crippen molar-refractivity contribution in [1.29, 1.82) is 0 Å². The van der Waals surface area contributed by atoms with Crippen molar-refractivity contribution in [2.45, 2.75) is 20.3 Å². The first-order chi connectivity index (χ1) is 13.5. The molecule has 0 unspecified atom stereocenters. The summed E-state index contributed by atoms with van der Waals surface area (Å²) in [4.78, 5) is 26.9. The van der Waals surface area contributed by atoms with E-state index in [1.165, 1.54) is 4.90 Å². The standard InChI is InChI=1S/C21H20Cl2N2O3/c1-3-10-28-15-7-5-6-14(12-15)24-19-18(20(26)25(4-2)21(19)27)16-9-8-13(22)11-17(16)23/h5-9,11-12,24H,3-4,10H2,1-2H3. The molecule has 2 aromatic rings. The van der Waals surface area contributed by atoms with Gasteiger partial charge in [0.2, 0.25) is 0 Å². The first-order valence-corrected chi connectivity index (χ1v) is 9.77. The smallest absolute Gasteiger partial charge is 0.278 e. The SMILES string of the molecule is CCCOc1cccc(NC2=C(c3ccc(Cl)cc3Cl)C(=O)N(CC)C2=O)c1. The summed E-state index contributed by atoms with van der Waals surface area (Å²) in [6.45, 7) is 4.63. The Morgan fingerprint density at radius 2 is 1.82 bits per heavy atom. The van der Waals surface area contributed by atoms with Gasteiger partial charge in [0, 0.05) is 28.9 Å². The molecular formula is C21H20Cl2N2O3. The minimum Gasteiger partial charge on any atom is -0.494 e. The molecule has 0 saturated heterocycles. The second kappa shape index (κ2) is 8.67. The molecule has 2 aromatic carbocycles. The molecule has 5 nitrogen and oxygen atoms in total. The van der Waals surface area contributed by atoms with Crippen LogP contribution in [0.5, 0.6) is 5.75 Å². The van der Waals surface area contributed by atoms with Crippen molar-refractivity contribution >= 4 is 46.3 Å². The molecule has 0 saturated carbocycles. The van der Waals surface area contributed by atoms with Crippen LogP contribution in [0.1, 0.15) is 25.8 Å². The Balaban J connectivity index is 2.04. The van der Waals surface area contributed by atoms with Gasteiger partial charge in [0.1, 0.15) is 11.4 Å². The van der Waals surface area contributed by atoms with Gasteiger partial charge in [0.05, 0.1) is 17.2 Å². The van der Waals surface area contributed by atoms with Crippen molar-refractivity contribution in [2.24, 2.45) is 0 Å². The van der Waals surface area contributed by atoms with E-state index < -0.39 is 11.8 Å². The second-order valence-corrected chi connectivity index (χ2v) is 7.07. The van der Waals surface area contributed by atoms with Crippen molar-refractivity contribution in [1.82, 2.24) is 4.90 Å². The van der Waals surface area contributed by atoms with Gasteiger partial charge in [-0.2, -0.15) is 0 Å². The Morgan fingerprint density at radius 3 is 2.50 bits per heavy atom. The Morgan fingerprint density at radius 1 is 1.04 bits per heavy atom. The number of carbonyl (C=O) groups excluding carboxylic acids is 2. The first kappa shape index (κ1) is 20.2. The quantitative estimate of drug-likeness (QED) is 0.643. The number of nitrogens with zero attached hydrogens (tertiary/aromatic N) is 1. The molecule has 1 aliphatic heterocycles. The fraction of sp³-hybridized carbons (Fsp3) is 0.238. The predicted molar refractivity (Wildman–Crippen MR) is 112 cm³/mol. The van der Waals surface area contributed by atoms with E-state index in [0.717, 1.165) is 6.42 Å². The lowest BCUT2D eigenvalue weighted by Gasteiger charge is -2.12. The number of rotatable bonds is 7. The molecule has 0 aromatic heterocycles. The molecular weight excluding hydrogens is 399 g/mol. The lowest BCUT2D eigenvalue weighted by Crippen LogP contribution is -2.32. The third kappa shape index (κ3) is 4.01. The van der Waals surface area contributed by atoms with Crippen LogP contribution in [0.4, 0.5) is 5.69 Å². The lowest BCUT2D eigenvalue weighted by atomic mass is 10.0. The second-order valence-electron chi connectivity index (χ2n) is 6.23. The number of likely N-dealkylation sites (N-methyl/N-ethyl adjacent to an activating group) is 1. The third-order valence-electron chi connectivity index (χ3n) is 4.26. The number of nitrogens with one attached hydrogen (secondary N) is 1. The number of halogens is 2. The van der Waals surface area contributed by atoms with Crippen molar-refractivity contribution in [3.05, 3.63) is 63.8 Å². The molecule has 0 atom stereocenters. The average molecular weight is 419 g/mol. The Kier molecular flexibility index (Phi) is 6.27. The Labute approximate surface area is 173 Å². The average Bonchev–Trinajstić information content (AvgIpc) is 2.90. The zero-order valence-electron chi connectivity index (χ0n) is 15.6. The van der Waals surface area contributed by atoms with Crippen LogP contribution in [-0.4, -0.2) is 29.9 Å². The summed E-state index contributed by atoms with van der Waals surface area (Å²) in [5, 5.41) is 3.85. The summed E-state index contributed by atoms with van der Waals surface area (Å²) in [5.74, 6) is -0.103. The largest absolute Gasteiger partial charge is 0.494 e. The summed E-state index contributed by atoms with van der Waals surface area (Å²) < 4.78 is 5.64. The summed E-state index contributed by atoms with van der Waals surface area (Å²) in [7, 11) is 0. The molecule has 0 radical (unpaired) electrons. The maximum absolute atomic E-state index is 12.9. The van der Waals surface area contributed by atoms with E-state index in [4.69, 9.17) is 27.9 Å². The highest BCUT2D eigenvalue weighted by Gasteiger charge is 2.39. The highest BCUT2D eigenvalue weighted by Crippen LogP contribution is 2.35. The Hall–Kier alpha value is -2.50. The summed E-state index contributed by atoms with van der Waals surface area (Å²) in [5.41, 5.74) is 1.52. The molecule has 0 spiro atoms. The number of anilines is 1. The molecule has 1 N–H and O–H groups in total. The third-order valence-corrected chi connectivity index (χ3v) is 4.81. The van der Waals surface area contributed by atoms with Crippen molar-refractivity contribution in [3.8, 4) is 5.75 Å². The molecule has 1 aliphatic rings. The maximum atomic E-state index is 12.9. The number of hydrogen-bond donors (Lipinski definition) is 1. The van der Waals surface area contributed by atoms with Crippen LogP contribution in [-0.2, 0) is 9.59 Å². The Bertz CT molecular complexity index is 956. The van der Waals surface area contributed by atoms with E-state index in [9.17, 15) is 9.59 Å². The molecule has 2 amide bonds. The van der Waals surface area contributed by atoms with Gasteiger partial charge >= 0.3 is 0 Å². The fourth-order valence-corrected chi connectivity index (χ4v) is 3.45. The van der Waals surface area contributed by atoms with E-state index in [1.54, 1.807) is 37.3 Å². The molecule has 28 heavy (non-hydrogen) atoms. The van der Waals surface area contributed by atoms with Gasteiger partial charge in [-0.3, -0.25) is 14.5 Å². The molecule has 7 heteroatoms. The van der Waals surface area contributed by atoms with Gasteiger partial charge in [0.15, 0.2) is 0 Å². The van der Waals surface area contributed by atoms with E-state index in [1.807, 2.05) is 19.1 Å². The monoisotopic (exact) mass is 418 g/mol. The fourth-order valence-electron chi connectivity index (χ4n) is 2.95. The molecule has 1 heterocycles. The predicted octanol–water partition coefficient (Wildman–Crippen LogP) is 4.99. The van der Waals surface area contributed by atoms with Crippen LogP contribution < -0.4 is 10.1 Å². The van der Waals surface area contributed by atoms with Crippen LogP contribution in [0.3, 0.4) is 0 Å². The van der Waals surface area contributed by atoms with Gasteiger partial charge in [-0.1, -0.05) is 42.3 Å². The van der Waals surface area contributed by atoms with Crippen LogP contribution in [0.2, 0.25) is 10.0 Å². The summed E-state index contributed by atoms with van der Waals surface area (Å²) >= 11 is 12.3.